The molecule has 34 heavy (non-hydrogen) atoms. The molecule has 1 saturated heterocycles. The van der Waals surface area contributed by atoms with E-state index in [1.165, 1.54) is 7.11 Å². The van der Waals surface area contributed by atoms with Crippen LogP contribution >= 0.6 is 0 Å². The van der Waals surface area contributed by atoms with Crippen LogP contribution in [0.15, 0.2) is 91.0 Å². The van der Waals surface area contributed by atoms with E-state index in [1.807, 2.05) is 91.0 Å². The van der Waals surface area contributed by atoms with Gasteiger partial charge in [0.25, 0.3) is 0 Å². The summed E-state index contributed by atoms with van der Waals surface area (Å²) in [5.74, 6) is 0. The molecule has 1 aliphatic rings. The lowest BCUT2D eigenvalue weighted by Crippen LogP contribution is -2.61. The molecule has 5 atom stereocenters. The highest BCUT2D eigenvalue weighted by molar-refractivity contribution is 5.15. The summed E-state index contributed by atoms with van der Waals surface area (Å²) in [5.41, 5.74) is 2.99. The van der Waals surface area contributed by atoms with Crippen molar-refractivity contribution >= 4 is 0 Å². The molecule has 3 aromatic carbocycles. The molecule has 180 valence electrons. The van der Waals surface area contributed by atoms with E-state index in [0.29, 0.717) is 19.8 Å². The maximum Gasteiger partial charge on any atom is 0.186 e. The Labute approximate surface area is 200 Å². The minimum atomic E-state index is -0.842. The molecule has 0 N–H and O–H groups in total. The van der Waals surface area contributed by atoms with Gasteiger partial charge < -0.3 is 23.7 Å². The van der Waals surface area contributed by atoms with E-state index in [0.717, 1.165) is 16.7 Å². The summed E-state index contributed by atoms with van der Waals surface area (Å²) < 4.78 is 44.5. The molecule has 0 aromatic heterocycles. The number of ether oxygens (including phenoxy) is 5. The van der Waals surface area contributed by atoms with Crippen LogP contribution in [0.5, 0.6) is 0 Å². The number of rotatable bonds is 11. The zero-order valence-electron chi connectivity index (χ0n) is 19.3. The van der Waals surface area contributed by atoms with E-state index in [4.69, 9.17) is 23.7 Å². The van der Waals surface area contributed by atoms with Crippen molar-refractivity contribution in [1.82, 2.24) is 0 Å². The maximum atomic E-state index is 14.1. The van der Waals surface area contributed by atoms with Crippen LogP contribution in [0.2, 0.25) is 0 Å². The van der Waals surface area contributed by atoms with Crippen molar-refractivity contribution in [2.45, 2.75) is 50.5 Å². The van der Waals surface area contributed by atoms with Crippen LogP contribution < -0.4 is 0 Å². The molecule has 1 heterocycles. The van der Waals surface area contributed by atoms with Crippen LogP contribution in [-0.4, -0.2) is 44.5 Å². The van der Waals surface area contributed by atoms with E-state index in [9.17, 15) is 4.39 Å². The minimum Gasteiger partial charge on any atom is -0.368 e. The predicted octanol–water partition coefficient (Wildman–Crippen LogP) is 5.08. The fourth-order valence-electron chi connectivity index (χ4n) is 4.06. The molecule has 0 saturated carbocycles. The van der Waals surface area contributed by atoms with Gasteiger partial charge in [-0.15, -0.1) is 0 Å². The van der Waals surface area contributed by atoms with Gasteiger partial charge in [0, 0.05) is 7.11 Å². The summed E-state index contributed by atoms with van der Waals surface area (Å²) in [6.45, 7) is 0.249. The molecule has 5 nitrogen and oxygen atoms in total. The number of halogens is 1. The Balaban J connectivity index is 1.56. The third kappa shape index (κ3) is 6.50. The fourth-order valence-corrected chi connectivity index (χ4v) is 4.06. The Morgan fingerprint density at radius 1 is 0.618 bits per heavy atom. The SMILES string of the molecule is CO[C@H]1O[C@H](CF)[C@H](OCc2ccccc2)[C@H](OCc2ccccc2)[C@H]1OCc1ccccc1. The lowest BCUT2D eigenvalue weighted by atomic mass is 9.98. The van der Waals surface area contributed by atoms with Gasteiger partial charge in [-0.2, -0.15) is 0 Å². The summed E-state index contributed by atoms with van der Waals surface area (Å²) in [6.07, 6.45) is -3.53. The lowest BCUT2D eigenvalue weighted by molar-refractivity contribution is -0.319. The number of hydrogen-bond donors (Lipinski definition) is 0. The molecule has 1 aliphatic heterocycles. The van der Waals surface area contributed by atoms with Gasteiger partial charge in [0.05, 0.1) is 19.8 Å². The van der Waals surface area contributed by atoms with Crippen LogP contribution in [0.25, 0.3) is 0 Å². The minimum absolute atomic E-state index is 0.305. The molecular formula is C28H31FO5. The topological polar surface area (TPSA) is 46.2 Å². The second kappa shape index (κ2) is 12.7. The van der Waals surface area contributed by atoms with Crippen molar-refractivity contribution in [2.75, 3.05) is 13.8 Å². The van der Waals surface area contributed by atoms with E-state index in [2.05, 4.69) is 0 Å². The van der Waals surface area contributed by atoms with Gasteiger partial charge in [0.15, 0.2) is 6.29 Å². The molecule has 0 radical (unpaired) electrons. The monoisotopic (exact) mass is 466 g/mol. The predicted molar refractivity (Wildman–Crippen MR) is 127 cm³/mol. The Bertz CT molecular complexity index is 899. The molecule has 0 unspecified atom stereocenters. The van der Waals surface area contributed by atoms with Crippen molar-refractivity contribution < 1.29 is 28.1 Å². The first-order valence-corrected chi connectivity index (χ1v) is 11.5. The Morgan fingerprint density at radius 3 is 1.44 bits per heavy atom. The van der Waals surface area contributed by atoms with E-state index < -0.39 is 37.4 Å². The summed E-state index contributed by atoms with van der Waals surface area (Å²) in [4.78, 5) is 0. The van der Waals surface area contributed by atoms with Gasteiger partial charge in [-0.1, -0.05) is 91.0 Å². The first-order chi connectivity index (χ1) is 16.8. The first-order valence-electron chi connectivity index (χ1n) is 11.5. The van der Waals surface area contributed by atoms with E-state index in [1.54, 1.807) is 0 Å². The second-order valence-corrected chi connectivity index (χ2v) is 8.22. The van der Waals surface area contributed by atoms with Crippen LogP contribution in [-0.2, 0) is 43.5 Å². The van der Waals surface area contributed by atoms with Crippen LogP contribution in [0.1, 0.15) is 16.7 Å². The first kappa shape index (κ1) is 24.5. The van der Waals surface area contributed by atoms with Crippen molar-refractivity contribution in [3.8, 4) is 0 Å². The van der Waals surface area contributed by atoms with Gasteiger partial charge in [-0.05, 0) is 16.7 Å². The van der Waals surface area contributed by atoms with Crippen molar-refractivity contribution in [3.63, 3.8) is 0 Å². The van der Waals surface area contributed by atoms with Gasteiger partial charge in [0.2, 0.25) is 0 Å². The molecular weight excluding hydrogens is 435 g/mol. The number of methoxy groups -OCH3 is 1. The van der Waals surface area contributed by atoms with Gasteiger partial charge >= 0.3 is 0 Å². The van der Waals surface area contributed by atoms with Crippen molar-refractivity contribution in [3.05, 3.63) is 108 Å². The molecule has 1 fully saturated rings. The third-order valence-electron chi connectivity index (χ3n) is 5.83. The fraction of sp³-hybridized carbons (Fsp3) is 0.357. The van der Waals surface area contributed by atoms with Crippen LogP contribution in [0.3, 0.4) is 0 Å². The van der Waals surface area contributed by atoms with Crippen LogP contribution in [0, 0.1) is 0 Å². The van der Waals surface area contributed by atoms with Crippen molar-refractivity contribution in [2.24, 2.45) is 0 Å². The molecule has 3 aromatic rings. The zero-order chi connectivity index (χ0) is 23.6. The van der Waals surface area contributed by atoms with Gasteiger partial charge in [-0.3, -0.25) is 0 Å². The van der Waals surface area contributed by atoms with Gasteiger partial charge in [0.1, 0.15) is 31.1 Å². The third-order valence-corrected chi connectivity index (χ3v) is 5.83. The molecule has 0 aliphatic carbocycles. The highest BCUT2D eigenvalue weighted by Gasteiger charge is 2.48. The summed E-state index contributed by atoms with van der Waals surface area (Å²) in [6, 6.07) is 29.4. The summed E-state index contributed by atoms with van der Waals surface area (Å²) in [5, 5.41) is 0. The maximum absolute atomic E-state index is 14.1. The quantitative estimate of drug-likeness (QED) is 0.394. The second-order valence-electron chi connectivity index (χ2n) is 8.22. The smallest absolute Gasteiger partial charge is 0.186 e. The zero-order valence-corrected chi connectivity index (χ0v) is 19.3. The molecule has 6 heteroatoms. The normalized spacial score (nSPS) is 24.7. The Morgan fingerprint density at radius 2 is 1.03 bits per heavy atom. The molecule has 0 bridgehead atoms. The number of hydrogen-bond acceptors (Lipinski definition) is 5. The van der Waals surface area contributed by atoms with E-state index >= 15 is 0 Å². The Hall–Kier alpha value is -2.61. The molecule has 4 rings (SSSR count). The Kier molecular flexibility index (Phi) is 9.19. The highest BCUT2D eigenvalue weighted by Crippen LogP contribution is 2.31. The number of alkyl halides is 1. The highest BCUT2D eigenvalue weighted by atomic mass is 19.1. The molecule has 0 amide bonds. The average molecular weight is 467 g/mol. The van der Waals surface area contributed by atoms with E-state index in [-0.39, 0.29) is 0 Å². The summed E-state index contributed by atoms with van der Waals surface area (Å²) >= 11 is 0. The largest absolute Gasteiger partial charge is 0.368 e. The lowest BCUT2D eigenvalue weighted by Gasteiger charge is -2.44. The number of benzene rings is 3. The molecule has 0 spiro atoms. The summed E-state index contributed by atoms with van der Waals surface area (Å²) in [7, 11) is 1.53. The van der Waals surface area contributed by atoms with Crippen molar-refractivity contribution in [1.29, 1.82) is 0 Å². The standard InChI is InChI=1S/C28H31FO5/c1-30-28-27(33-20-23-15-9-4-10-16-23)26(32-19-22-13-7-3-8-14-22)25(24(17-29)34-28)31-18-21-11-5-2-6-12-21/h2-16,24-28H,17-20H2,1H3/t24-,25+,26+,27-,28+/m1/s1. The van der Waals surface area contributed by atoms with Gasteiger partial charge in [-0.25, -0.2) is 4.39 Å². The van der Waals surface area contributed by atoms with Crippen LogP contribution in [0.4, 0.5) is 4.39 Å². The average Bonchev–Trinajstić information content (AvgIpc) is 2.91.